The number of hydrogen-bond acceptors (Lipinski definition) is 6. The van der Waals surface area contributed by atoms with Gasteiger partial charge in [-0.15, -0.1) is 0 Å². The summed E-state index contributed by atoms with van der Waals surface area (Å²) in [7, 11) is 2.50. The lowest BCUT2D eigenvalue weighted by molar-refractivity contribution is -0.139. The minimum Gasteiger partial charge on any atom is -0.480 e. The van der Waals surface area contributed by atoms with Crippen LogP contribution in [0.15, 0.2) is 0 Å². The van der Waals surface area contributed by atoms with Gasteiger partial charge in [-0.1, -0.05) is 21.6 Å². The number of carboxylic acids is 2. The maximum atomic E-state index is 10.5. The van der Waals surface area contributed by atoms with Gasteiger partial charge in [0.2, 0.25) is 0 Å². The molecule has 0 heterocycles. The zero-order chi connectivity index (χ0) is 11.8. The van der Waals surface area contributed by atoms with Crippen molar-refractivity contribution in [1.82, 2.24) is 4.34 Å². The molecule has 0 bridgehead atoms. The van der Waals surface area contributed by atoms with E-state index in [0.29, 0.717) is 5.75 Å². The molecule has 0 aromatic heterocycles. The van der Waals surface area contributed by atoms with Gasteiger partial charge in [0.25, 0.3) is 0 Å². The molecule has 0 amide bonds. The van der Waals surface area contributed by atoms with Crippen molar-refractivity contribution >= 4 is 49.7 Å². The molecule has 0 saturated carbocycles. The van der Waals surface area contributed by atoms with Gasteiger partial charge in [-0.25, -0.2) is 4.34 Å². The molecule has 5 N–H and O–H groups in total. The lowest BCUT2D eigenvalue weighted by Crippen LogP contribution is -2.33. The van der Waals surface area contributed by atoms with Crippen LogP contribution in [0.25, 0.3) is 0 Å². The second-order valence-corrected chi connectivity index (χ2v) is 5.52. The van der Waals surface area contributed by atoms with Crippen LogP contribution < -0.4 is 10.1 Å². The summed E-state index contributed by atoms with van der Waals surface area (Å²) in [5.74, 6) is -1.47. The second-order valence-electron chi connectivity index (χ2n) is 2.51. The molecule has 88 valence electrons. The van der Waals surface area contributed by atoms with Crippen LogP contribution in [0.4, 0.5) is 0 Å². The first-order valence-corrected chi connectivity index (χ1v) is 7.09. The molecule has 0 fully saturated rings. The van der Waals surface area contributed by atoms with Crippen LogP contribution in [0.3, 0.4) is 0 Å². The van der Waals surface area contributed by atoms with E-state index in [1.165, 1.54) is 21.6 Å². The number of rotatable bonds is 8. The highest BCUT2D eigenvalue weighted by atomic mass is 79.9. The lowest BCUT2D eigenvalue weighted by Gasteiger charge is -2.09. The Bertz CT molecular complexity index is 231. The van der Waals surface area contributed by atoms with Crippen molar-refractivity contribution in [3.63, 3.8) is 0 Å². The predicted molar refractivity (Wildman–Crippen MR) is 64.0 cm³/mol. The van der Waals surface area contributed by atoms with E-state index in [0.717, 1.165) is 0 Å². The van der Waals surface area contributed by atoms with Crippen LogP contribution in [0, 0.1) is 0 Å². The molecule has 0 aromatic rings. The number of carboxylic acid groups (broad SMARTS) is 2. The number of carbonyl (C=O) groups is 2. The maximum Gasteiger partial charge on any atom is 0.322 e. The van der Waals surface area contributed by atoms with Gasteiger partial charge in [-0.3, -0.25) is 9.59 Å². The highest BCUT2D eigenvalue weighted by molar-refractivity contribution is 9.08. The third-order valence-corrected chi connectivity index (χ3v) is 4.31. The Kier molecular flexibility index (Phi) is 8.24. The number of halogens is 1. The molecular weight excluding hydrogens is 308 g/mol. The highest BCUT2D eigenvalue weighted by Crippen LogP contribution is 2.22. The molecule has 0 spiro atoms. The van der Waals surface area contributed by atoms with Crippen LogP contribution in [-0.4, -0.2) is 45.7 Å². The first kappa shape index (κ1) is 15.0. The van der Waals surface area contributed by atoms with E-state index in [1.807, 2.05) is 0 Å². The molecule has 1 unspecified atom stereocenters. The van der Waals surface area contributed by atoms with Gasteiger partial charge in [0.15, 0.2) is 0 Å². The van der Waals surface area contributed by atoms with Gasteiger partial charge in [0.1, 0.15) is 12.1 Å². The van der Waals surface area contributed by atoms with Crippen molar-refractivity contribution < 1.29 is 19.8 Å². The van der Waals surface area contributed by atoms with Crippen molar-refractivity contribution in [1.29, 1.82) is 0 Å². The average molecular weight is 319 g/mol. The van der Waals surface area contributed by atoms with E-state index in [9.17, 15) is 9.59 Å². The van der Waals surface area contributed by atoms with E-state index < -0.39 is 24.0 Å². The standard InChI is InChI=1S/C6H11BrN2O4S2/c7-9-4(6(12)13)2-15-14-1-3(8)5(10)11/h3-4,9H,1-2,8H2,(H,10,11)(H,12,13)/t3?,4-/m0/s1. The summed E-state index contributed by atoms with van der Waals surface area (Å²) in [4.78, 5) is 20.9. The fourth-order valence-corrected chi connectivity index (χ4v) is 3.30. The molecule has 0 aliphatic heterocycles. The Hall–Kier alpha value is 0.0400. The first-order valence-electron chi connectivity index (χ1n) is 3.80. The maximum absolute atomic E-state index is 10.5. The van der Waals surface area contributed by atoms with Crippen LogP contribution in [0.2, 0.25) is 0 Å². The molecule has 0 aliphatic carbocycles. The third kappa shape index (κ3) is 7.01. The van der Waals surface area contributed by atoms with E-state index in [4.69, 9.17) is 15.9 Å². The summed E-state index contributed by atoms with van der Waals surface area (Å²) in [6.45, 7) is 0. The number of nitrogens with two attached hydrogens (primary N) is 1. The van der Waals surface area contributed by atoms with E-state index in [1.54, 1.807) is 0 Å². The fraction of sp³-hybridized carbons (Fsp3) is 0.667. The predicted octanol–water partition coefficient (Wildman–Crippen LogP) is 0.132. The molecule has 0 rings (SSSR count). The number of hydrogen-bond donors (Lipinski definition) is 4. The minimum atomic E-state index is -1.06. The monoisotopic (exact) mass is 318 g/mol. The number of nitrogens with one attached hydrogen (secondary N) is 1. The SMILES string of the molecule is NC(CSSC[C@H](NBr)C(=O)O)C(=O)O. The van der Waals surface area contributed by atoms with Gasteiger partial charge in [0.05, 0.1) is 0 Å². The van der Waals surface area contributed by atoms with Crippen LogP contribution in [0.1, 0.15) is 0 Å². The average Bonchev–Trinajstić information content (AvgIpc) is 2.16. The van der Waals surface area contributed by atoms with Crippen molar-refractivity contribution in [3.05, 3.63) is 0 Å². The summed E-state index contributed by atoms with van der Waals surface area (Å²) in [6.07, 6.45) is 0. The summed E-state index contributed by atoms with van der Waals surface area (Å²) in [6, 6.07) is -1.62. The number of aliphatic carboxylic acids is 2. The summed E-state index contributed by atoms with van der Waals surface area (Å²) in [5.41, 5.74) is 5.25. The Morgan fingerprint density at radius 2 is 1.80 bits per heavy atom. The smallest absolute Gasteiger partial charge is 0.322 e. The summed E-state index contributed by atoms with van der Waals surface area (Å²) >= 11 is 2.85. The van der Waals surface area contributed by atoms with E-state index in [2.05, 4.69) is 20.5 Å². The van der Waals surface area contributed by atoms with Gasteiger partial charge in [0, 0.05) is 27.7 Å². The Morgan fingerprint density at radius 3 is 2.20 bits per heavy atom. The topological polar surface area (TPSA) is 113 Å². The van der Waals surface area contributed by atoms with Crippen molar-refractivity contribution in [2.45, 2.75) is 12.1 Å². The molecule has 9 heteroatoms. The molecule has 15 heavy (non-hydrogen) atoms. The zero-order valence-electron chi connectivity index (χ0n) is 7.55. The lowest BCUT2D eigenvalue weighted by atomic mass is 10.4. The normalized spacial score (nSPS) is 14.5. The molecule has 0 aliphatic rings. The molecular formula is C6H11BrN2O4S2. The Balaban J connectivity index is 3.61. The molecule has 6 nitrogen and oxygen atoms in total. The van der Waals surface area contributed by atoms with E-state index >= 15 is 0 Å². The Morgan fingerprint density at radius 1 is 1.27 bits per heavy atom. The fourth-order valence-electron chi connectivity index (χ4n) is 0.458. The van der Waals surface area contributed by atoms with Crippen LogP contribution in [0.5, 0.6) is 0 Å². The van der Waals surface area contributed by atoms with Gasteiger partial charge in [-0.2, -0.15) is 0 Å². The van der Waals surface area contributed by atoms with Crippen LogP contribution in [-0.2, 0) is 9.59 Å². The second kappa shape index (κ2) is 8.22. The largest absolute Gasteiger partial charge is 0.480 e. The van der Waals surface area contributed by atoms with Gasteiger partial charge < -0.3 is 15.9 Å². The highest BCUT2D eigenvalue weighted by Gasteiger charge is 2.16. The summed E-state index contributed by atoms with van der Waals surface area (Å²) in [5, 5.41) is 17.1. The quantitative estimate of drug-likeness (QED) is 0.284. The first-order chi connectivity index (χ1) is 6.99. The Labute approximate surface area is 103 Å². The van der Waals surface area contributed by atoms with E-state index in [-0.39, 0.29) is 5.75 Å². The van der Waals surface area contributed by atoms with Crippen molar-refractivity contribution in [2.75, 3.05) is 11.5 Å². The minimum absolute atomic E-state index is 0.245. The molecule has 2 atom stereocenters. The van der Waals surface area contributed by atoms with Crippen LogP contribution >= 0.6 is 37.7 Å². The van der Waals surface area contributed by atoms with Crippen molar-refractivity contribution in [3.8, 4) is 0 Å². The molecule has 0 aromatic carbocycles. The molecule has 0 saturated heterocycles. The summed E-state index contributed by atoms with van der Waals surface area (Å²) < 4.78 is 2.44. The van der Waals surface area contributed by atoms with Gasteiger partial charge in [-0.05, 0) is 0 Å². The van der Waals surface area contributed by atoms with Gasteiger partial charge >= 0.3 is 11.9 Å². The molecule has 0 radical (unpaired) electrons. The third-order valence-electron chi connectivity index (χ3n) is 1.31. The van der Waals surface area contributed by atoms with Crippen molar-refractivity contribution in [2.24, 2.45) is 5.73 Å². The zero-order valence-corrected chi connectivity index (χ0v) is 10.8.